The zero-order valence-electron chi connectivity index (χ0n) is 10.6. The summed E-state index contributed by atoms with van der Waals surface area (Å²) < 4.78 is 6.00. The smallest absolute Gasteiger partial charge is 0.160 e. The Labute approximate surface area is 103 Å². The standard InChI is InChI=1S/C13H21N3O/c1-3-17-13(6-4-5-10(2)7-13)12-15-8-11(14)9-16-12/h8-10H,3-7,14H2,1-2H3. The van der Waals surface area contributed by atoms with E-state index in [1.165, 1.54) is 12.8 Å². The first-order chi connectivity index (χ1) is 8.16. The molecule has 0 spiro atoms. The summed E-state index contributed by atoms with van der Waals surface area (Å²) in [6, 6.07) is 0. The molecule has 1 aliphatic carbocycles. The van der Waals surface area contributed by atoms with Crippen molar-refractivity contribution in [3.8, 4) is 0 Å². The van der Waals surface area contributed by atoms with Gasteiger partial charge >= 0.3 is 0 Å². The van der Waals surface area contributed by atoms with Gasteiger partial charge in [0.05, 0.1) is 18.1 Å². The second-order valence-electron chi connectivity index (χ2n) is 4.97. The van der Waals surface area contributed by atoms with Gasteiger partial charge in [0.1, 0.15) is 5.60 Å². The Morgan fingerprint density at radius 1 is 1.47 bits per heavy atom. The summed E-state index contributed by atoms with van der Waals surface area (Å²) in [6.45, 7) is 4.99. The summed E-state index contributed by atoms with van der Waals surface area (Å²) in [5.41, 5.74) is 5.94. The van der Waals surface area contributed by atoms with Gasteiger partial charge in [0.2, 0.25) is 0 Å². The molecule has 0 saturated heterocycles. The van der Waals surface area contributed by atoms with Crippen LogP contribution in [0.5, 0.6) is 0 Å². The number of hydrogen-bond acceptors (Lipinski definition) is 4. The van der Waals surface area contributed by atoms with Crippen molar-refractivity contribution in [2.75, 3.05) is 12.3 Å². The Balaban J connectivity index is 2.29. The minimum absolute atomic E-state index is 0.292. The Morgan fingerprint density at radius 3 is 2.76 bits per heavy atom. The minimum Gasteiger partial charge on any atom is -0.396 e. The van der Waals surface area contributed by atoms with E-state index in [1.54, 1.807) is 12.4 Å². The minimum atomic E-state index is -0.292. The first-order valence-electron chi connectivity index (χ1n) is 6.38. The largest absolute Gasteiger partial charge is 0.396 e. The maximum Gasteiger partial charge on any atom is 0.160 e. The third kappa shape index (κ3) is 2.57. The summed E-state index contributed by atoms with van der Waals surface area (Å²) in [4.78, 5) is 8.73. The predicted molar refractivity (Wildman–Crippen MR) is 67.4 cm³/mol. The Bertz CT molecular complexity index is 361. The molecule has 1 fully saturated rings. The molecule has 0 aromatic carbocycles. The highest BCUT2D eigenvalue weighted by atomic mass is 16.5. The van der Waals surface area contributed by atoms with Crippen LogP contribution in [-0.2, 0) is 10.3 Å². The second kappa shape index (κ2) is 5.00. The van der Waals surface area contributed by atoms with E-state index in [0.29, 0.717) is 18.2 Å². The fraction of sp³-hybridized carbons (Fsp3) is 0.692. The molecule has 4 nitrogen and oxygen atoms in total. The van der Waals surface area contributed by atoms with Crippen LogP contribution in [-0.4, -0.2) is 16.6 Å². The van der Waals surface area contributed by atoms with Crippen molar-refractivity contribution in [2.45, 2.75) is 45.1 Å². The third-order valence-electron chi connectivity index (χ3n) is 3.46. The third-order valence-corrected chi connectivity index (χ3v) is 3.46. The normalized spacial score (nSPS) is 29.2. The molecular weight excluding hydrogens is 214 g/mol. The number of nitrogens with zero attached hydrogens (tertiary/aromatic N) is 2. The van der Waals surface area contributed by atoms with Crippen molar-refractivity contribution < 1.29 is 4.74 Å². The van der Waals surface area contributed by atoms with Gasteiger partial charge in [0.25, 0.3) is 0 Å². The molecule has 1 aromatic heterocycles. The van der Waals surface area contributed by atoms with E-state index in [2.05, 4.69) is 16.9 Å². The summed E-state index contributed by atoms with van der Waals surface area (Å²) >= 11 is 0. The fourth-order valence-corrected chi connectivity index (χ4v) is 2.75. The highest BCUT2D eigenvalue weighted by Gasteiger charge is 2.39. The van der Waals surface area contributed by atoms with Crippen molar-refractivity contribution in [1.29, 1.82) is 0 Å². The second-order valence-corrected chi connectivity index (χ2v) is 4.97. The van der Waals surface area contributed by atoms with Gasteiger partial charge in [0.15, 0.2) is 5.82 Å². The Kier molecular flexibility index (Phi) is 3.62. The highest BCUT2D eigenvalue weighted by molar-refractivity contribution is 5.30. The summed E-state index contributed by atoms with van der Waals surface area (Å²) in [7, 11) is 0. The SMILES string of the molecule is CCOC1(c2ncc(N)cn2)CCCC(C)C1. The van der Waals surface area contributed by atoms with Gasteiger partial charge in [0, 0.05) is 6.61 Å². The van der Waals surface area contributed by atoms with Crippen molar-refractivity contribution in [1.82, 2.24) is 9.97 Å². The van der Waals surface area contributed by atoms with Crippen LogP contribution in [0.15, 0.2) is 12.4 Å². The summed E-state index contributed by atoms with van der Waals surface area (Å²) in [6.07, 6.45) is 7.79. The molecule has 2 N–H and O–H groups in total. The molecule has 2 atom stereocenters. The number of nitrogens with two attached hydrogens (primary N) is 1. The molecule has 1 heterocycles. The average Bonchev–Trinajstić information content (AvgIpc) is 2.30. The van der Waals surface area contributed by atoms with E-state index in [4.69, 9.17) is 10.5 Å². The van der Waals surface area contributed by atoms with Gasteiger partial charge in [-0.2, -0.15) is 0 Å². The molecule has 0 aliphatic heterocycles. The Hall–Kier alpha value is -1.16. The highest BCUT2D eigenvalue weighted by Crippen LogP contribution is 2.41. The number of anilines is 1. The zero-order chi connectivity index (χ0) is 12.3. The lowest BCUT2D eigenvalue weighted by atomic mass is 9.78. The monoisotopic (exact) mass is 235 g/mol. The maximum atomic E-state index is 6.00. The quantitative estimate of drug-likeness (QED) is 0.874. The van der Waals surface area contributed by atoms with Crippen LogP contribution in [0.2, 0.25) is 0 Å². The van der Waals surface area contributed by atoms with Gasteiger partial charge in [-0.05, 0) is 32.1 Å². The van der Waals surface area contributed by atoms with E-state index >= 15 is 0 Å². The molecule has 0 bridgehead atoms. The van der Waals surface area contributed by atoms with Crippen LogP contribution < -0.4 is 5.73 Å². The lowest BCUT2D eigenvalue weighted by Gasteiger charge is -2.38. The first kappa shape index (κ1) is 12.3. The first-order valence-corrected chi connectivity index (χ1v) is 6.38. The molecule has 0 radical (unpaired) electrons. The van der Waals surface area contributed by atoms with Gasteiger partial charge < -0.3 is 10.5 Å². The van der Waals surface area contributed by atoms with Crippen molar-refractivity contribution in [3.63, 3.8) is 0 Å². The van der Waals surface area contributed by atoms with Crippen molar-refractivity contribution >= 4 is 5.69 Å². The zero-order valence-corrected chi connectivity index (χ0v) is 10.6. The molecule has 17 heavy (non-hydrogen) atoms. The lowest BCUT2D eigenvalue weighted by molar-refractivity contribution is -0.0880. The van der Waals surface area contributed by atoms with Crippen molar-refractivity contribution in [2.24, 2.45) is 5.92 Å². The summed E-state index contributed by atoms with van der Waals surface area (Å²) in [5, 5.41) is 0. The predicted octanol–water partition coefficient (Wildman–Crippen LogP) is 2.50. The van der Waals surface area contributed by atoms with Crippen LogP contribution in [0.3, 0.4) is 0 Å². The fourth-order valence-electron chi connectivity index (χ4n) is 2.75. The number of aromatic nitrogens is 2. The molecular formula is C13H21N3O. The van der Waals surface area contributed by atoms with Crippen LogP contribution in [0.1, 0.15) is 45.4 Å². The molecule has 0 amide bonds. The van der Waals surface area contributed by atoms with E-state index in [0.717, 1.165) is 18.7 Å². The van der Waals surface area contributed by atoms with Crippen LogP contribution in [0.4, 0.5) is 5.69 Å². The summed E-state index contributed by atoms with van der Waals surface area (Å²) in [5.74, 6) is 1.46. The number of ether oxygens (including phenoxy) is 1. The topological polar surface area (TPSA) is 61.0 Å². The van der Waals surface area contributed by atoms with Gasteiger partial charge in [-0.15, -0.1) is 0 Å². The lowest BCUT2D eigenvalue weighted by Crippen LogP contribution is -2.37. The van der Waals surface area contributed by atoms with Gasteiger partial charge in [-0.25, -0.2) is 9.97 Å². The molecule has 4 heteroatoms. The molecule has 94 valence electrons. The molecule has 2 unspecified atom stereocenters. The van der Waals surface area contributed by atoms with Gasteiger partial charge in [-0.1, -0.05) is 13.3 Å². The maximum absolute atomic E-state index is 6.00. The van der Waals surface area contributed by atoms with Crippen LogP contribution in [0, 0.1) is 5.92 Å². The van der Waals surface area contributed by atoms with Crippen LogP contribution >= 0.6 is 0 Å². The number of nitrogen functional groups attached to an aromatic ring is 1. The van der Waals surface area contributed by atoms with E-state index in [-0.39, 0.29) is 5.60 Å². The van der Waals surface area contributed by atoms with E-state index < -0.39 is 0 Å². The molecule has 2 rings (SSSR count). The number of rotatable bonds is 3. The van der Waals surface area contributed by atoms with Crippen LogP contribution in [0.25, 0.3) is 0 Å². The molecule has 1 aliphatic rings. The van der Waals surface area contributed by atoms with E-state index in [9.17, 15) is 0 Å². The Morgan fingerprint density at radius 2 is 2.18 bits per heavy atom. The molecule has 1 aromatic rings. The molecule has 1 saturated carbocycles. The van der Waals surface area contributed by atoms with E-state index in [1.807, 2.05) is 6.92 Å². The van der Waals surface area contributed by atoms with Gasteiger partial charge in [-0.3, -0.25) is 0 Å². The van der Waals surface area contributed by atoms with Crippen molar-refractivity contribution in [3.05, 3.63) is 18.2 Å². The number of hydrogen-bond donors (Lipinski definition) is 1. The average molecular weight is 235 g/mol.